The first-order valence-electron chi connectivity index (χ1n) is 5.65. The van der Waals surface area contributed by atoms with Gasteiger partial charge in [0.2, 0.25) is 0 Å². The van der Waals surface area contributed by atoms with Crippen molar-refractivity contribution >= 4 is 22.6 Å². The SMILES string of the molecule is CNC(=O)c1ccc(C(=O)NC)c2ccccc12. The second-order valence-corrected chi connectivity index (χ2v) is 3.86. The van der Waals surface area contributed by atoms with E-state index < -0.39 is 0 Å². The van der Waals surface area contributed by atoms with E-state index in [0.29, 0.717) is 11.1 Å². The first-order valence-corrected chi connectivity index (χ1v) is 5.65. The summed E-state index contributed by atoms with van der Waals surface area (Å²) in [5.74, 6) is -0.315. The monoisotopic (exact) mass is 242 g/mol. The smallest absolute Gasteiger partial charge is 0.251 e. The fourth-order valence-corrected chi connectivity index (χ4v) is 1.96. The highest BCUT2D eigenvalue weighted by atomic mass is 16.2. The number of amides is 2. The number of hydrogen-bond acceptors (Lipinski definition) is 2. The third kappa shape index (κ3) is 1.93. The van der Waals surface area contributed by atoms with Crippen LogP contribution in [0.15, 0.2) is 36.4 Å². The van der Waals surface area contributed by atoms with E-state index in [-0.39, 0.29) is 11.8 Å². The summed E-state index contributed by atoms with van der Waals surface area (Å²) >= 11 is 0. The van der Waals surface area contributed by atoms with Crippen LogP contribution < -0.4 is 10.6 Å². The van der Waals surface area contributed by atoms with Gasteiger partial charge in [-0.25, -0.2) is 0 Å². The molecule has 0 fully saturated rings. The fraction of sp³-hybridized carbons (Fsp3) is 0.143. The molecule has 0 radical (unpaired) electrons. The molecule has 0 aliphatic rings. The summed E-state index contributed by atoms with van der Waals surface area (Å²) < 4.78 is 0. The Bertz CT molecular complexity index is 566. The largest absolute Gasteiger partial charge is 0.355 e. The second-order valence-electron chi connectivity index (χ2n) is 3.86. The van der Waals surface area contributed by atoms with Crippen LogP contribution in [-0.2, 0) is 0 Å². The third-order valence-corrected chi connectivity index (χ3v) is 2.87. The number of carbonyl (C=O) groups is 2. The van der Waals surface area contributed by atoms with Crippen molar-refractivity contribution in [3.8, 4) is 0 Å². The van der Waals surface area contributed by atoms with E-state index >= 15 is 0 Å². The topological polar surface area (TPSA) is 58.2 Å². The minimum Gasteiger partial charge on any atom is -0.355 e. The molecule has 4 heteroatoms. The van der Waals surface area contributed by atoms with Crippen LogP contribution in [0, 0.1) is 0 Å². The van der Waals surface area contributed by atoms with E-state index in [9.17, 15) is 9.59 Å². The zero-order valence-electron chi connectivity index (χ0n) is 10.3. The minimum absolute atomic E-state index is 0.158. The number of fused-ring (bicyclic) bond motifs is 1. The molecule has 0 heterocycles. The summed E-state index contributed by atoms with van der Waals surface area (Å²) in [5.41, 5.74) is 1.14. The summed E-state index contributed by atoms with van der Waals surface area (Å²) in [4.78, 5) is 23.5. The molecule has 0 saturated carbocycles. The quantitative estimate of drug-likeness (QED) is 0.839. The van der Waals surface area contributed by atoms with Gasteiger partial charge in [-0.05, 0) is 22.9 Å². The molecule has 2 rings (SSSR count). The van der Waals surface area contributed by atoms with Gasteiger partial charge in [0.15, 0.2) is 0 Å². The summed E-state index contributed by atoms with van der Waals surface area (Å²) in [5, 5.41) is 6.74. The van der Waals surface area contributed by atoms with Gasteiger partial charge < -0.3 is 10.6 Å². The molecule has 4 nitrogen and oxygen atoms in total. The van der Waals surface area contributed by atoms with Crippen LogP contribution in [-0.4, -0.2) is 25.9 Å². The summed E-state index contributed by atoms with van der Waals surface area (Å²) in [6, 6.07) is 10.7. The van der Waals surface area contributed by atoms with Crippen LogP contribution in [0.2, 0.25) is 0 Å². The van der Waals surface area contributed by atoms with E-state index in [0.717, 1.165) is 10.8 Å². The van der Waals surface area contributed by atoms with Crippen LogP contribution in [0.5, 0.6) is 0 Å². The Morgan fingerprint density at radius 1 is 0.778 bits per heavy atom. The Kier molecular flexibility index (Phi) is 3.28. The maximum absolute atomic E-state index is 11.8. The highest BCUT2D eigenvalue weighted by Gasteiger charge is 2.13. The van der Waals surface area contributed by atoms with E-state index in [1.807, 2.05) is 24.3 Å². The summed E-state index contributed by atoms with van der Waals surface area (Å²) in [6.45, 7) is 0. The van der Waals surface area contributed by atoms with Crippen LogP contribution in [0.3, 0.4) is 0 Å². The molecule has 0 aliphatic carbocycles. The Hall–Kier alpha value is -2.36. The van der Waals surface area contributed by atoms with E-state index in [1.165, 1.54) is 0 Å². The normalized spacial score (nSPS) is 10.1. The van der Waals surface area contributed by atoms with Crippen molar-refractivity contribution in [1.29, 1.82) is 0 Å². The average Bonchev–Trinajstić information content (AvgIpc) is 2.44. The molecule has 0 aliphatic heterocycles. The van der Waals surface area contributed by atoms with Crippen molar-refractivity contribution in [3.63, 3.8) is 0 Å². The van der Waals surface area contributed by atoms with Gasteiger partial charge in [0.05, 0.1) is 0 Å². The molecule has 2 aromatic rings. The molecule has 0 atom stereocenters. The predicted molar refractivity (Wildman–Crippen MR) is 70.7 cm³/mol. The standard InChI is InChI=1S/C14H14N2O2/c1-15-13(17)11-7-8-12(14(18)16-2)10-6-4-3-5-9(10)11/h3-8H,1-2H3,(H,15,17)(H,16,18). The van der Waals surface area contributed by atoms with Gasteiger partial charge in [-0.2, -0.15) is 0 Å². The minimum atomic E-state index is -0.158. The number of carbonyl (C=O) groups excluding carboxylic acids is 2. The molecule has 0 aromatic heterocycles. The number of hydrogen-bond donors (Lipinski definition) is 2. The van der Waals surface area contributed by atoms with Gasteiger partial charge in [0.25, 0.3) is 11.8 Å². The molecular formula is C14H14N2O2. The lowest BCUT2D eigenvalue weighted by molar-refractivity contribution is 0.0953. The second kappa shape index (κ2) is 4.87. The Balaban J connectivity index is 2.74. The van der Waals surface area contributed by atoms with E-state index in [1.54, 1.807) is 26.2 Å². The first-order chi connectivity index (χ1) is 8.69. The number of rotatable bonds is 2. The first kappa shape index (κ1) is 12.1. The van der Waals surface area contributed by atoms with Crippen LogP contribution in [0.1, 0.15) is 20.7 Å². The maximum Gasteiger partial charge on any atom is 0.251 e. The molecule has 0 bridgehead atoms. The van der Waals surface area contributed by atoms with Crippen molar-refractivity contribution in [3.05, 3.63) is 47.5 Å². The zero-order valence-corrected chi connectivity index (χ0v) is 10.3. The molecule has 2 N–H and O–H groups in total. The Morgan fingerprint density at radius 2 is 1.17 bits per heavy atom. The maximum atomic E-state index is 11.8. The van der Waals surface area contributed by atoms with Crippen LogP contribution >= 0.6 is 0 Å². The molecule has 2 aromatic carbocycles. The molecule has 2 amide bonds. The predicted octanol–water partition coefficient (Wildman–Crippen LogP) is 1.56. The number of nitrogens with one attached hydrogen (secondary N) is 2. The molecule has 0 saturated heterocycles. The van der Waals surface area contributed by atoms with E-state index in [2.05, 4.69) is 10.6 Å². The molecule has 0 unspecified atom stereocenters. The Morgan fingerprint density at radius 3 is 1.50 bits per heavy atom. The highest BCUT2D eigenvalue weighted by molar-refractivity contribution is 6.13. The highest BCUT2D eigenvalue weighted by Crippen LogP contribution is 2.22. The van der Waals surface area contributed by atoms with Gasteiger partial charge in [-0.1, -0.05) is 24.3 Å². The zero-order chi connectivity index (χ0) is 13.1. The Labute approximate surface area is 105 Å². The molecule has 18 heavy (non-hydrogen) atoms. The lowest BCUT2D eigenvalue weighted by Crippen LogP contribution is -2.20. The van der Waals surface area contributed by atoms with Crippen LogP contribution in [0.4, 0.5) is 0 Å². The van der Waals surface area contributed by atoms with Gasteiger partial charge >= 0.3 is 0 Å². The van der Waals surface area contributed by atoms with Gasteiger partial charge in [-0.15, -0.1) is 0 Å². The molecule has 0 spiro atoms. The van der Waals surface area contributed by atoms with Crippen molar-refractivity contribution in [2.45, 2.75) is 0 Å². The molecular weight excluding hydrogens is 228 g/mol. The third-order valence-electron chi connectivity index (χ3n) is 2.87. The average molecular weight is 242 g/mol. The van der Waals surface area contributed by atoms with E-state index in [4.69, 9.17) is 0 Å². The van der Waals surface area contributed by atoms with Crippen molar-refractivity contribution in [2.24, 2.45) is 0 Å². The summed E-state index contributed by atoms with van der Waals surface area (Å²) in [7, 11) is 3.17. The molecule has 92 valence electrons. The van der Waals surface area contributed by atoms with Gasteiger partial charge in [0.1, 0.15) is 0 Å². The van der Waals surface area contributed by atoms with Crippen LogP contribution in [0.25, 0.3) is 10.8 Å². The lowest BCUT2D eigenvalue weighted by Gasteiger charge is -2.09. The number of benzene rings is 2. The lowest BCUT2D eigenvalue weighted by atomic mass is 9.98. The van der Waals surface area contributed by atoms with Gasteiger partial charge in [-0.3, -0.25) is 9.59 Å². The van der Waals surface area contributed by atoms with Gasteiger partial charge in [0, 0.05) is 25.2 Å². The fourth-order valence-electron chi connectivity index (χ4n) is 1.96. The summed E-state index contributed by atoms with van der Waals surface area (Å²) in [6.07, 6.45) is 0. The van der Waals surface area contributed by atoms with Crippen molar-refractivity contribution < 1.29 is 9.59 Å². The van der Waals surface area contributed by atoms with Crippen molar-refractivity contribution in [1.82, 2.24) is 10.6 Å². The van der Waals surface area contributed by atoms with Crippen molar-refractivity contribution in [2.75, 3.05) is 14.1 Å².